The molecular weight excluding hydrogens is 124 g/mol. The topological polar surface area (TPSA) is 15.3 Å². The minimum absolute atomic E-state index is 0.648. The Balaban J connectivity index is 0.000000371. The monoisotopic (exact) mass is 144 g/mol. The summed E-state index contributed by atoms with van der Waals surface area (Å²) in [6.07, 6.45) is 3.30. The van der Waals surface area contributed by atoms with E-state index in [9.17, 15) is 0 Å². The van der Waals surface area contributed by atoms with E-state index < -0.39 is 0 Å². The summed E-state index contributed by atoms with van der Waals surface area (Å²) in [5.41, 5.74) is 0. The van der Waals surface area contributed by atoms with Crippen LogP contribution in [-0.2, 0) is 0 Å². The molecule has 0 aromatic rings. The molecule has 0 aromatic carbocycles. The Morgan fingerprint density at radius 3 is 2.10 bits per heavy atom. The predicted octanol–water partition coefficient (Wildman–Crippen LogP) is 1.28. The van der Waals surface area contributed by atoms with Gasteiger partial charge < -0.3 is 5.32 Å². The maximum atomic E-state index is 3.38. The minimum Gasteiger partial charge on any atom is -0.302 e. The van der Waals surface area contributed by atoms with Gasteiger partial charge in [0.05, 0.1) is 6.17 Å². The average Bonchev–Trinajstić information content (AvgIpc) is 2.42. The summed E-state index contributed by atoms with van der Waals surface area (Å²) in [6, 6.07) is 0. The van der Waals surface area contributed by atoms with Gasteiger partial charge in [-0.1, -0.05) is 13.8 Å². The van der Waals surface area contributed by atoms with Gasteiger partial charge in [-0.2, -0.15) is 0 Å². The highest BCUT2D eigenvalue weighted by atomic mass is 15.2. The van der Waals surface area contributed by atoms with Crippen LogP contribution in [0.4, 0.5) is 0 Å². The van der Waals surface area contributed by atoms with Crippen LogP contribution in [-0.4, -0.2) is 31.7 Å². The Bertz CT molecular complexity index is 65.7. The fraction of sp³-hybridized carbons (Fsp3) is 1.00. The van der Waals surface area contributed by atoms with Crippen LogP contribution >= 0.6 is 0 Å². The molecule has 1 unspecified atom stereocenters. The highest BCUT2D eigenvalue weighted by molar-refractivity contribution is 4.70. The first kappa shape index (κ1) is 9.92. The molecule has 0 aliphatic carbocycles. The SMILES string of the molecule is CC.CN(C)C1CCCN1. The van der Waals surface area contributed by atoms with Crippen molar-refractivity contribution in [2.75, 3.05) is 20.6 Å². The Labute approximate surface area is 64.6 Å². The summed E-state index contributed by atoms with van der Waals surface area (Å²) in [6.45, 7) is 5.20. The molecule has 0 aromatic heterocycles. The van der Waals surface area contributed by atoms with Crippen LogP contribution in [0.1, 0.15) is 26.7 Å². The van der Waals surface area contributed by atoms with Crippen LogP contribution in [0.3, 0.4) is 0 Å². The molecule has 62 valence electrons. The first-order chi connectivity index (χ1) is 4.80. The lowest BCUT2D eigenvalue weighted by atomic mass is 10.3. The molecule has 1 N–H and O–H groups in total. The fourth-order valence-electron chi connectivity index (χ4n) is 1.11. The zero-order valence-corrected chi connectivity index (χ0v) is 7.65. The first-order valence-electron chi connectivity index (χ1n) is 4.20. The van der Waals surface area contributed by atoms with Crippen LogP contribution in [0.2, 0.25) is 0 Å². The average molecular weight is 144 g/mol. The van der Waals surface area contributed by atoms with Crippen molar-refractivity contribution in [1.82, 2.24) is 10.2 Å². The van der Waals surface area contributed by atoms with Gasteiger partial charge in [0, 0.05) is 0 Å². The highest BCUT2D eigenvalue weighted by Crippen LogP contribution is 2.05. The lowest BCUT2D eigenvalue weighted by molar-refractivity contribution is 0.274. The molecule has 2 heteroatoms. The molecular formula is C8H20N2. The molecule has 0 saturated carbocycles. The number of nitrogens with zero attached hydrogens (tertiary/aromatic N) is 1. The van der Waals surface area contributed by atoms with E-state index in [1.807, 2.05) is 13.8 Å². The lowest BCUT2D eigenvalue weighted by Gasteiger charge is -2.17. The molecule has 1 aliphatic heterocycles. The standard InChI is InChI=1S/C6H14N2.C2H6/c1-8(2)6-4-3-5-7-6;1-2/h6-7H,3-5H2,1-2H3;1-2H3. The van der Waals surface area contributed by atoms with Crippen molar-refractivity contribution in [3.63, 3.8) is 0 Å². The van der Waals surface area contributed by atoms with Crippen molar-refractivity contribution < 1.29 is 0 Å². The van der Waals surface area contributed by atoms with E-state index in [1.54, 1.807) is 0 Å². The van der Waals surface area contributed by atoms with Crippen molar-refractivity contribution in [1.29, 1.82) is 0 Å². The maximum Gasteiger partial charge on any atom is 0.0592 e. The second-order valence-electron chi connectivity index (χ2n) is 2.58. The zero-order chi connectivity index (χ0) is 7.98. The normalized spacial score (nSPS) is 24.3. The third kappa shape index (κ3) is 3.18. The van der Waals surface area contributed by atoms with Crippen LogP contribution in [0, 0.1) is 0 Å². The molecule has 0 amide bonds. The molecule has 1 heterocycles. The number of hydrogen-bond acceptors (Lipinski definition) is 2. The molecule has 10 heavy (non-hydrogen) atoms. The van der Waals surface area contributed by atoms with Gasteiger partial charge in [0.15, 0.2) is 0 Å². The molecule has 1 saturated heterocycles. The van der Waals surface area contributed by atoms with Crippen LogP contribution in [0.5, 0.6) is 0 Å². The van der Waals surface area contributed by atoms with Gasteiger partial charge >= 0.3 is 0 Å². The molecule has 1 aliphatic rings. The smallest absolute Gasteiger partial charge is 0.0592 e. The van der Waals surface area contributed by atoms with Crippen LogP contribution in [0.25, 0.3) is 0 Å². The zero-order valence-electron chi connectivity index (χ0n) is 7.65. The first-order valence-corrected chi connectivity index (χ1v) is 4.20. The largest absolute Gasteiger partial charge is 0.302 e. The summed E-state index contributed by atoms with van der Waals surface area (Å²) in [5, 5.41) is 3.38. The predicted molar refractivity (Wildman–Crippen MR) is 46.1 cm³/mol. The van der Waals surface area contributed by atoms with Crippen LogP contribution < -0.4 is 5.32 Å². The summed E-state index contributed by atoms with van der Waals surface area (Å²) in [5.74, 6) is 0. The summed E-state index contributed by atoms with van der Waals surface area (Å²) >= 11 is 0. The van der Waals surface area contributed by atoms with Crippen molar-refractivity contribution in [2.45, 2.75) is 32.9 Å². The second kappa shape index (κ2) is 5.69. The molecule has 1 atom stereocenters. The summed E-state index contributed by atoms with van der Waals surface area (Å²) < 4.78 is 0. The van der Waals surface area contributed by atoms with E-state index in [-0.39, 0.29) is 0 Å². The van der Waals surface area contributed by atoms with Gasteiger partial charge in [-0.25, -0.2) is 0 Å². The fourth-order valence-corrected chi connectivity index (χ4v) is 1.11. The maximum absolute atomic E-state index is 3.38. The van der Waals surface area contributed by atoms with Gasteiger partial charge in [0.2, 0.25) is 0 Å². The molecule has 0 bridgehead atoms. The van der Waals surface area contributed by atoms with E-state index in [0.717, 1.165) is 0 Å². The second-order valence-corrected chi connectivity index (χ2v) is 2.58. The molecule has 0 radical (unpaired) electrons. The van der Waals surface area contributed by atoms with Crippen molar-refractivity contribution in [3.05, 3.63) is 0 Å². The molecule has 0 spiro atoms. The van der Waals surface area contributed by atoms with E-state index in [4.69, 9.17) is 0 Å². The van der Waals surface area contributed by atoms with Gasteiger partial charge in [0.25, 0.3) is 0 Å². The Hall–Kier alpha value is -0.0800. The van der Waals surface area contributed by atoms with Gasteiger partial charge in [-0.15, -0.1) is 0 Å². The third-order valence-corrected chi connectivity index (χ3v) is 1.66. The minimum atomic E-state index is 0.648. The molecule has 1 rings (SSSR count). The van der Waals surface area contributed by atoms with E-state index in [1.165, 1.54) is 19.4 Å². The third-order valence-electron chi connectivity index (χ3n) is 1.66. The lowest BCUT2D eigenvalue weighted by Crippen LogP contribution is -2.35. The number of nitrogens with one attached hydrogen (secondary N) is 1. The Morgan fingerprint density at radius 1 is 1.30 bits per heavy atom. The number of hydrogen-bond donors (Lipinski definition) is 1. The van der Waals surface area contributed by atoms with E-state index >= 15 is 0 Å². The molecule has 1 fully saturated rings. The number of rotatable bonds is 1. The van der Waals surface area contributed by atoms with Gasteiger partial charge in [0.1, 0.15) is 0 Å². The molecule has 2 nitrogen and oxygen atoms in total. The Morgan fingerprint density at radius 2 is 1.90 bits per heavy atom. The van der Waals surface area contributed by atoms with Crippen LogP contribution in [0.15, 0.2) is 0 Å². The van der Waals surface area contributed by atoms with Crippen molar-refractivity contribution in [2.24, 2.45) is 0 Å². The summed E-state index contributed by atoms with van der Waals surface area (Å²) in [4.78, 5) is 2.23. The van der Waals surface area contributed by atoms with Crippen molar-refractivity contribution in [3.8, 4) is 0 Å². The van der Waals surface area contributed by atoms with Gasteiger partial charge in [-0.05, 0) is 33.5 Å². The highest BCUT2D eigenvalue weighted by Gasteiger charge is 2.14. The van der Waals surface area contributed by atoms with E-state index in [0.29, 0.717) is 6.17 Å². The summed E-state index contributed by atoms with van der Waals surface area (Å²) in [7, 11) is 4.23. The Kier molecular flexibility index (Phi) is 5.64. The van der Waals surface area contributed by atoms with E-state index in [2.05, 4.69) is 24.3 Å². The van der Waals surface area contributed by atoms with Crippen molar-refractivity contribution >= 4 is 0 Å². The van der Waals surface area contributed by atoms with Gasteiger partial charge in [-0.3, -0.25) is 4.90 Å². The quantitative estimate of drug-likeness (QED) is 0.596.